The lowest BCUT2D eigenvalue weighted by Crippen LogP contribution is -2.46. The van der Waals surface area contributed by atoms with E-state index in [1.165, 1.54) is 18.3 Å². The highest BCUT2D eigenvalue weighted by molar-refractivity contribution is 14.1. The molecule has 0 saturated carbocycles. The number of methoxy groups -OCH3 is 1. The van der Waals surface area contributed by atoms with Gasteiger partial charge in [-0.1, -0.05) is 31.5 Å². The highest BCUT2D eigenvalue weighted by Crippen LogP contribution is 2.33. The van der Waals surface area contributed by atoms with Gasteiger partial charge in [-0.25, -0.2) is 13.8 Å². The number of hydrogen-bond acceptors (Lipinski definition) is 6. The second-order valence-electron chi connectivity index (χ2n) is 7.82. The van der Waals surface area contributed by atoms with E-state index < -0.39 is 22.0 Å². The zero-order chi connectivity index (χ0) is 24.6. The summed E-state index contributed by atoms with van der Waals surface area (Å²) in [7, 11) is -2.31. The summed E-state index contributed by atoms with van der Waals surface area (Å²) in [6.45, 7) is 8.10. The number of nitrogens with zero attached hydrogens (tertiary/aromatic N) is 1. The molecule has 8 nitrogen and oxygen atoms in total. The van der Waals surface area contributed by atoms with Crippen molar-refractivity contribution in [3.63, 3.8) is 0 Å². The van der Waals surface area contributed by atoms with Gasteiger partial charge in [0.2, 0.25) is 10.0 Å². The summed E-state index contributed by atoms with van der Waals surface area (Å²) in [5.41, 5.74) is 4.09. The Hall–Kier alpha value is -2.18. The molecular weight excluding hydrogens is 557 g/mol. The van der Waals surface area contributed by atoms with Crippen molar-refractivity contribution in [3.05, 3.63) is 51.1 Å². The van der Waals surface area contributed by atoms with Crippen molar-refractivity contribution in [2.45, 2.75) is 45.1 Å². The van der Waals surface area contributed by atoms with Crippen LogP contribution >= 0.6 is 22.6 Å². The van der Waals surface area contributed by atoms with Crippen molar-refractivity contribution in [3.8, 4) is 11.5 Å². The van der Waals surface area contributed by atoms with Gasteiger partial charge in [0, 0.05) is 0 Å². The van der Waals surface area contributed by atoms with Gasteiger partial charge in [-0.15, -0.1) is 0 Å². The van der Waals surface area contributed by atoms with E-state index in [1.54, 1.807) is 25.3 Å². The third kappa shape index (κ3) is 7.97. The molecule has 0 spiro atoms. The van der Waals surface area contributed by atoms with Gasteiger partial charge in [-0.2, -0.15) is 9.82 Å². The Morgan fingerprint density at radius 2 is 1.88 bits per heavy atom. The second kappa shape index (κ2) is 12.3. The Labute approximate surface area is 209 Å². The Kier molecular flexibility index (Phi) is 10.1. The molecule has 33 heavy (non-hydrogen) atoms. The van der Waals surface area contributed by atoms with E-state index in [4.69, 9.17) is 9.47 Å². The summed E-state index contributed by atoms with van der Waals surface area (Å²) in [4.78, 5) is 12.9. The molecule has 2 aromatic rings. The first-order chi connectivity index (χ1) is 15.6. The summed E-state index contributed by atoms with van der Waals surface area (Å²) in [5, 5.41) is 4.02. The van der Waals surface area contributed by atoms with Crippen LogP contribution in [0.25, 0.3) is 0 Å². The number of sulfonamides is 1. The van der Waals surface area contributed by atoms with Gasteiger partial charge in [0.25, 0.3) is 5.91 Å². The molecule has 0 aliphatic carbocycles. The summed E-state index contributed by atoms with van der Waals surface area (Å²) in [6.07, 6.45) is 1.79. The fourth-order valence-electron chi connectivity index (χ4n) is 3.00. The smallest absolute Gasteiger partial charge is 0.258 e. The summed E-state index contributed by atoms with van der Waals surface area (Å²) in [5.74, 6) is 0.745. The largest absolute Gasteiger partial charge is 0.493 e. The van der Waals surface area contributed by atoms with E-state index in [1.807, 2.05) is 33.8 Å². The van der Waals surface area contributed by atoms with Crippen LogP contribution in [0.4, 0.5) is 0 Å². The third-order valence-corrected chi connectivity index (χ3v) is 6.87. The lowest BCUT2D eigenvalue weighted by molar-refractivity contribution is -0.123. The number of amides is 1. The molecule has 0 radical (unpaired) electrons. The number of nitrogens with one attached hydrogen (secondary N) is 2. The van der Waals surface area contributed by atoms with Gasteiger partial charge >= 0.3 is 0 Å². The second-order valence-corrected chi connectivity index (χ2v) is 10.7. The van der Waals surface area contributed by atoms with Crippen molar-refractivity contribution in [2.75, 3.05) is 13.7 Å². The molecule has 0 heterocycles. The van der Waals surface area contributed by atoms with Crippen molar-refractivity contribution in [1.29, 1.82) is 0 Å². The van der Waals surface area contributed by atoms with E-state index in [9.17, 15) is 13.2 Å². The molecule has 1 atom stereocenters. The number of halogens is 1. The molecule has 0 fully saturated rings. The molecule has 10 heteroatoms. The minimum absolute atomic E-state index is 0.0856. The zero-order valence-corrected chi connectivity index (χ0v) is 22.4. The average molecular weight is 587 g/mol. The number of carbonyl (C=O) groups is 1. The van der Waals surface area contributed by atoms with E-state index in [0.29, 0.717) is 30.1 Å². The Balaban J connectivity index is 2.16. The van der Waals surface area contributed by atoms with Gasteiger partial charge in [-0.05, 0) is 78.6 Å². The van der Waals surface area contributed by atoms with Crippen LogP contribution in [0.1, 0.15) is 38.3 Å². The van der Waals surface area contributed by atoms with Crippen molar-refractivity contribution in [1.82, 2.24) is 10.1 Å². The summed E-state index contributed by atoms with van der Waals surface area (Å²) < 4.78 is 39.9. The minimum Gasteiger partial charge on any atom is -0.493 e. The highest BCUT2D eigenvalue weighted by Gasteiger charge is 2.26. The summed E-state index contributed by atoms with van der Waals surface area (Å²) >= 11 is 2.14. The average Bonchev–Trinajstić information content (AvgIpc) is 2.74. The first kappa shape index (κ1) is 27.1. The molecular formula is C23H30IN3O5S. The van der Waals surface area contributed by atoms with Crippen molar-refractivity contribution in [2.24, 2.45) is 11.0 Å². The monoisotopic (exact) mass is 587 g/mol. The van der Waals surface area contributed by atoms with E-state index in [2.05, 4.69) is 37.8 Å². The molecule has 0 bridgehead atoms. The summed E-state index contributed by atoms with van der Waals surface area (Å²) in [6, 6.07) is 9.07. The molecule has 2 rings (SSSR count). The Morgan fingerprint density at radius 3 is 2.45 bits per heavy atom. The fourth-order valence-corrected chi connectivity index (χ4v) is 4.99. The standard InChI is InChI=1S/C23H30IN3O5S/c1-6-32-22-19(24)12-17(13-21(22)31-5)14-25-26-23(28)20(11-15(2)3)27-33(29,30)18-9-7-16(4)8-10-18/h7-10,12-15,20,27H,6,11H2,1-5H3,(H,26,28)/b25-14-/t20-/m0/s1. The van der Waals surface area contributed by atoms with Gasteiger partial charge < -0.3 is 9.47 Å². The SMILES string of the molecule is CCOc1c(I)cc(/C=N\NC(=O)[C@H](CC(C)C)NS(=O)(=O)c2ccc(C)cc2)cc1OC. The maximum absolute atomic E-state index is 12.8. The predicted molar refractivity (Wildman–Crippen MR) is 137 cm³/mol. The van der Waals surface area contributed by atoms with Crippen LogP contribution in [0.3, 0.4) is 0 Å². The first-order valence-electron chi connectivity index (χ1n) is 10.5. The van der Waals surface area contributed by atoms with Crippen molar-refractivity contribution < 1.29 is 22.7 Å². The molecule has 1 amide bonds. The number of benzene rings is 2. The molecule has 0 unspecified atom stereocenters. The number of hydrogen-bond donors (Lipinski definition) is 2. The molecule has 180 valence electrons. The normalized spacial score (nSPS) is 12.7. The van der Waals surface area contributed by atoms with Crippen LogP contribution in [0.5, 0.6) is 11.5 Å². The topological polar surface area (TPSA) is 106 Å². The van der Waals surface area contributed by atoms with E-state index in [0.717, 1.165) is 9.13 Å². The fraction of sp³-hybridized carbons (Fsp3) is 0.391. The Morgan fingerprint density at radius 1 is 1.21 bits per heavy atom. The minimum atomic E-state index is -3.86. The van der Waals surface area contributed by atoms with E-state index >= 15 is 0 Å². The maximum Gasteiger partial charge on any atom is 0.258 e. The zero-order valence-electron chi connectivity index (χ0n) is 19.4. The van der Waals surface area contributed by atoms with Crippen LogP contribution in [0, 0.1) is 16.4 Å². The van der Waals surface area contributed by atoms with Gasteiger partial charge in [0.1, 0.15) is 6.04 Å². The number of ether oxygens (including phenoxy) is 2. The van der Waals surface area contributed by atoms with Crippen molar-refractivity contribution >= 4 is 44.7 Å². The third-order valence-electron chi connectivity index (χ3n) is 4.58. The number of aryl methyl sites for hydroxylation is 1. The lowest BCUT2D eigenvalue weighted by atomic mass is 10.0. The van der Waals surface area contributed by atoms with Crippen LogP contribution in [0.15, 0.2) is 46.4 Å². The highest BCUT2D eigenvalue weighted by atomic mass is 127. The maximum atomic E-state index is 12.8. The molecule has 2 N–H and O–H groups in total. The molecule has 0 aliphatic heterocycles. The van der Waals surface area contributed by atoms with Gasteiger partial charge in [0.15, 0.2) is 11.5 Å². The van der Waals surface area contributed by atoms with E-state index in [-0.39, 0.29) is 10.8 Å². The van der Waals surface area contributed by atoms with Crippen LogP contribution in [-0.4, -0.2) is 40.3 Å². The number of rotatable bonds is 11. The number of hydrazone groups is 1. The molecule has 0 saturated heterocycles. The lowest BCUT2D eigenvalue weighted by Gasteiger charge is -2.19. The number of carbonyl (C=O) groups excluding carboxylic acids is 1. The quantitative estimate of drug-likeness (QED) is 0.236. The Bertz CT molecular complexity index is 1090. The van der Waals surface area contributed by atoms with Gasteiger partial charge in [0.05, 0.1) is 28.4 Å². The van der Waals surface area contributed by atoms with Crippen LogP contribution in [-0.2, 0) is 14.8 Å². The molecule has 0 aromatic heterocycles. The van der Waals surface area contributed by atoms with Crippen LogP contribution < -0.4 is 19.6 Å². The van der Waals surface area contributed by atoms with Crippen LogP contribution in [0.2, 0.25) is 0 Å². The molecule has 0 aliphatic rings. The van der Waals surface area contributed by atoms with Gasteiger partial charge in [-0.3, -0.25) is 4.79 Å². The first-order valence-corrected chi connectivity index (χ1v) is 13.1. The predicted octanol–water partition coefficient (Wildman–Crippen LogP) is 3.85. The molecule has 2 aromatic carbocycles.